The molecule has 2 fully saturated rings. The van der Waals surface area contributed by atoms with Gasteiger partial charge in [0.15, 0.2) is 0 Å². The third-order valence-electron chi connectivity index (χ3n) is 5.82. The molecule has 0 atom stereocenters. The first-order valence-electron chi connectivity index (χ1n) is 9.27. The summed E-state index contributed by atoms with van der Waals surface area (Å²) in [6.07, 6.45) is 8.40. The first-order valence-corrected chi connectivity index (χ1v) is 9.27. The monoisotopic (exact) mass is 331 g/mol. The van der Waals surface area contributed by atoms with Crippen molar-refractivity contribution in [2.45, 2.75) is 75.3 Å². The van der Waals surface area contributed by atoms with E-state index in [4.69, 9.17) is 4.74 Å². The smallest absolute Gasteiger partial charge is 0.230 e. The summed E-state index contributed by atoms with van der Waals surface area (Å²) in [5.74, 6) is 1.00. The van der Waals surface area contributed by atoms with E-state index in [0.717, 1.165) is 62.7 Å². The number of carbonyl (C=O) groups excluding carboxylic acids is 1. The maximum atomic E-state index is 13.2. The lowest BCUT2D eigenvalue weighted by Gasteiger charge is -2.38. The molecule has 0 saturated heterocycles. The van der Waals surface area contributed by atoms with Gasteiger partial charge in [-0.1, -0.05) is 31.4 Å². The topological polar surface area (TPSA) is 58.6 Å². The van der Waals surface area contributed by atoms with Gasteiger partial charge >= 0.3 is 0 Å². The van der Waals surface area contributed by atoms with Gasteiger partial charge in [0, 0.05) is 6.04 Å². The van der Waals surface area contributed by atoms with Gasteiger partial charge in [-0.25, -0.2) is 0 Å². The lowest BCUT2D eigenvalue weighted by Crippen LogP contribution is -2.50. The van der Waals surface area contributed by atoms with Crippen molar-refractivity contribution in [2.75, 3.05) is 7.11 Å². The van der Waals surface area contributed by atoms with E-state index < -0.39 is 5.41 Å². The number of hydrogen-bond donors (Lipinski definition) is 2. The molecule has 0 aliphatic heterocycles. The summed E-state index contributed by atoms with van der Waals surface area (Å²) in [4.78, 5) is 13.2. The maximum Gasteiger partial charge on any atom is 0.230 e. The van der Waals surface area contributed by atoms with E-state index in [2.05, 4.69) is 5.32 Å². The number of aliphatic hydroxyl groups excluding tert-OH is 1. The quantitative estimate of drug-likeness (QED) is 0.890. The summed E-state index contributed by atoms with van der Waals surface area (Å²) < 4.78 is 5.26. The Morgan fingerprint density at radius 3 is 2.29 bits per heavy atom. The third kappa shape index (κ3) is 3.59. The van der Waals surface area contributed by atoms with E-state index in [1.54, 1.807) is 7.11 Å². The van der Waals surface area contributed by atoms with Gasteiger partial charge in [0.05, 0.1) is 18.6 Å². The average Bonchev–Trinajstić information content (AvgIpc) is 2.64. The van der Waals surface area contributed by atoms with Crippen molar-refractivity contribution in [2.24, 2.45) is 0 Å². The molecule has 132 valence electrons. The van der Waals surface area contributed by atoms with Crippen LogP contribution in [0, 0.1) is 0 Å². The van der Waals surface area contributed by atoms with Crippen LogP contribution in [0.3, 0.4) is 0 Å². The molecule has 3 rings (SSSR count). The Hall–Kier alpha value is -1.55. The molecule has 2 aliphatic carbocycles. The summed E-state index contributed by atoms with van der Waals surface area (Å²) in [6.45, 7) is 0. The van der Waals surface area contributed by atoms with Gasteiger partial charge in [0.1, 0.15) is 5.75 Å². The van der Waals surface area contributed by atoms with Crippen molar-refractivity contribution in [3.8, 4) is 5.75 Å². The lowest BCUT2D eigenvalue weighted by atomic mass is 9.68. The number of aliphatic hydroxyl groups is 1. The number of hydrogen-bond acceptors (Lipinski definition) is 3. The van der Waals surface area contributed by atoms with E-state index >= 15 is 0 Å². The second-order valence-corrected chi connectivity index (χ2v) is 7.35. The fourth-order valence-electron chi connectivity index (χ4n) is 4.26. The maximum absolute atomic E-state index is 13.2. The van der Waals surface area contributed by atoms with E-state index in [-0.39, 0.29) is 18.1 Å². The van der Waals surface area contributed by atoms with E-state index in [0.29, 0.717) is 0 Å². The summed E-state index contributed by atoms with van der Waals surface area (Å²) in [6, 6.07) is 8.21. The van der Waals surface area contributed by atoms with Crippen LogP contribution in [0.5, 0.6) is 5.75 Å². The third-order valence-corrected chi connectivity index (χ3v) is 5.82. The zero-order chi connectivity index (χ0) is 17.0. The van der Waals surface area contributed by atoms with Crippen LogP contribution >= 0.6 is 0 Å². The second kappa shape index (κ2) is 7.56. The molecule has 0 spiro atoms. The van der Waals surface area contributed by atoms with E-state index in [1.165, 1.54) is 6.42 Å². The van der Waals surface area contributed by atoms with Gasteiger partial charge in [-0.2, -0.15) is 0 Å². The number of benzene rings is 1. The number of methoxy groups -OCH3 is 1. The van der Waals surface area contributed by atoms with E-state index in [9.17, 15) is 9.90 Å². The highest BCUT2D eigenvalue weighted by Crippen LogP contribution is 2.40. The number of rotatable bonds is 4. The molecule has 0 aromatic heterocycles. The number of amides is 1. The van der Waals surface area contributed by atoms with Crippen LogP contribution in [-0.4, -0.2) is 30.3 Å². The molecule has 0 unspecified atom stereocenters. The van der Waals surface area contributed by atoms with Crippen LogP contribution in [-0.2, 0) is 10.2 Å². The minimum atomic E-state index is -0.402. The molecule has 0 radical (unpaired) electrons. The molecule has 24 heavy (non-hydrogen) atoms. The van der Waals surface area contributed by atoms with Crippen LogP contribution in [0.15, 0.2) is 24.3 Å². The van der Waals surface area contributed by atoms with Crippen LogP contribution in [0.25, 0.3) is 0 Å². The van der Waals surface area contributed by atoms with Crippen LogP contribution in [0.4, 0.5) is 0 Å². The highest BCUT2D eigenvalue weighted by Gasteiger charge is 2.42. The number of ether oxygens (including phenoxy) is 1. The normalized spacial score (nSPS) is 26.6. The predicted molar refractivity (Wildman–Crippen MR) is 94.2 cm³/mol. The molecule has 2 N–H and O–H groups in total. The first-order chi connectivity index (χ1) is 11.6. The van der Waals surface area contributed by atoms with E-state index in [1.807, 2.05) is 24.3 Å². The summed E-state index contributed by atoms with van der Waals surface area (Å²) >= 11 is 0. The fourth-order valence-corrected chi connectivity index (χ4v) is 4.26. The zero-order valence-electron chi connectivity index (χ0n) is 14.6. The van der Waals surface area contributed by atoms with Crippen molar-refractivity contribution < 1.29 is 14.6 Å². The van der Waals surface area contributed by atoms with Gasteiger partial charge in [-0.05, 0) is 56.2 Å². The standard InChI is InChI=1S/C20H29NO3/c1-24-18-11-5-15(6-12-18)20(13-3-2-4-14-20)19(23)21-16-7-9-17(22)10-8-16/h5-6,11-12,16-17,22H,2-4,7-10,13-14H2,1H3,(H,21,23). The van der Waals surface area contributed by atoms with Gasteiger partial charge in [-0.3, -0.25) is 4.79 Å². The molecule has 4 heteroatoms. The molecular weight excluding hydrogens is 302 g/mol. The minimum absolute atomic E-state index is 0.175. The molecule has 0 heterocycles. The van der Waals surface area contributed by atoms with Crippen molar-refractivity contribution >= 4 is 5.91 Å². The SMILES string of the molecule is COc1ccc(C2(C(=O)NC3CCC(O)CC3)CCCCC2)cc1. The predicted octanol–water partition coefficient (Wildman–Crippen LogP) is 3.32. The molecule has 1 aromatic rings. The largest absolute Gasteiger partial charge is 0.497 e. The molecular formula is C20H29NO3. The first kappa shape index (κ1) is 17.3. The Morgan fingerprint density at radius 1 is 1.08 bits per heavy atom. The second-order valence-electron chi connectivity index (χ2n) is 7.35. The molecule has 0 bridgehead atoms. The number of carbonyl (C=O) groups is 1. The van der Waals surface area contributed by atoms with Crippen LogP contribution < -0.4 is 10.1 Å². The number of nitrogens with one attached hydrogen (secondary N) is 1. The van der Waals surface area contributed by atoms with Crippen molar-refractivity contribution in [1.82, 2.24) is 5.32 Å². The Kier molecular flexibility index (Phi) is 5.44. The van der Waals surface area contributed by atoms with Gasteiger partial charge in [0.25, 0.3) is 0 Å². The summed E-state index contributed by atoms with van der Waals surface area (Å²) in [7, 11) is 1.66. The van der Waals surface area contributed by atoms with Crippen molar-refractivity contribution in [1.29, 1.82) is 0 Å². The molecule has 2 aliphatic rings. The fraction of sp³-hybridized carbons (Fsp3) is 0.650. The minimum Gasteiger partial charge on any atom is -0.497 e. The average molecular weight is 331 g/mol. The van der Waals surface area contributed by atoms with Gasteiger partial charge < -0.3 is 15.2 Å². The van der Waals surface area contributed by atoms with Crippen LogP contribution in [0.2, 0.25) is 0 Å². The van der Waals surface area contributed by atoms with Crippen molar-refractivity contribution in [3.05, 3.63) is 29.8 Å². The Labute approximate surface area is 144 Å². The highest BCUT2D eigenvalue weighted by molar-refractivity contribution is 5.88. The highest BCUT2D eigenvalue weighted by atomic mass is 16.5. The van der Waals surface area contributed by atoms with Crippen LogP contribution in [0.1, 0.15) is 63.4 Å². The lowest BCUT2D eigenvalue weighted by molar-refractivity contribution is -0.129. The Morgan fingerprint density at radius 2 is 1.71 bits per heavy atom. The Balaban J connectivity index is 1.78. The van der Waals surface area contributed by atoms with Crippen molar-refractivity contribution in [3.63, 3.8) is 0 Å². The summed E-state index contributed by atoms with van der Waals surface area (Å²) in [5.41, 5.74) is 0.706. The Bertz CT molecular complexity index is 541. The molecule has 4 nitrogen and oxygen atoms in total. The zero-order valence-corrected chi connectivity index (χ0v) is 14.6. The molecule has 2 saturated carbocycles. The van der Waals surface area contributed by atoms with Gasteiger partial charge in [-0.15, -0.1) is 0 Å². The summed E-state index contributed by atoms with van der Waals surface area (Å²) in [5, 5.41) is 13.0. The molecule has 1 aromatic carbocycles. The molecule has 1 amide bonds. The van der Waals surface area contributed by atoms with Gasteiger partial charge in [0.2, 0.25) is 5.91 Å².